The second-order valence-corrected chi connectivity index (χ2v) is 3.50. The highest BCUT2D eigenvalue weighted by Gasteiger charge is 2.32. The number of halogens is 3. The maximum Gasteiger partial charge on any atom is 0.433 e. The molecule has 0 aliphatic carbocycles. The molecule has 0 aromatic carbocycles. The summed E-state index contributed by atoms with van der Waals surface area (Å²) in [5.41, 5.74) is -0.152. The van der Waals surface area contributed by atoms with Crippen molar-refractivity contribution in [1.29, 1.82) is 0 Å². The van der Waals surface area contributed by atoms with Gasteiger partial charge in [-0.25, -0.2) is 4.98 Å². The van der Waals surface area contributed by atoms with Crippen LogP contribution in [0.3, 0.4) is 0 Å². The summed E-state index contributed by atoms with van der Waals surface area (Å²) < 4.78 is 42.0. The van der Waals surface area contributed by atoms with E-state index in [9.17, 15) is 13.2 Å². The van der Waals surface area contributed by atoms with Gasteiger partial charge in [-0.1, -0.05) is 0 Å². The molecule has 1 aromatic heterocycles. The second kappa shape index (κ2) is 4.29. The highest BCUT2D eigenvalue weighted by molar-refractivity contribution is 5.45. The number of morpholine rings is 1. The summed E-state index contributed by atoms with van der Waals surface area (Å²) in [6, 6.07) is 2.45. The van der Waals surface area contributed by atoms with Crippen LogP contribution in [-0.4, -0.2) is 31.3 Å². The number of nitrogens with zero attached hydrogens (tertiary/aromatic N) is 2. The Balaban J connectivity index is 2.12. The van der Waals surface area contributed by atoms with Gasteiger partial charge in [-0.15, -0.1) is 0 Å². The Hall–Kier alpha value is -1.30. The number of hydrogen-bond donors (Lipinski definition) is 0. The van der Waals surface area contributed by atoms with E-state index in [-0.39, 0.29) is 0 Å². The Bertz CT molecular complexity index is 344. The van der Waals surface area contributed by atoms with Crippen LogP contribution in [0.2, 0.25) is 0 Å². The fourth-order valence-electron chi connectivity index (χ4n) is 1.56. The lowest BCUT2D eigenvalue weighted by Crippen LogP contribution is -2.36. The van der Waals surface area contributed by atoms with Crippen LogP contribution in [0.5, 0.6) is 0 Å². The smallest absolute Gasteiger partial charge is 0.378 e. The van der Waals surface area contributed by atoms with E-state index >= 15 is 0 Å². The quantitative estimate of drug-likeness (QED) is 0.739. The highest BCUT2D eigenvalue weighted by Crippen LogP contribution is 2.28. The van der Waals surface area contributed by atoms with Gasteiger partial charge in [0.1, 0.15) is 5.69 Å². The summed E-state index contributed by atoms with van der Waals surface area (Å²) in [5.74, 6) is 0. The zero-order chi connectivity index (χ0) is 11.6. The van der Waals surface area contributed by atoms with Crippen LogP contribution in [0, 0.1) is 0 Å². The third kappa shape index (κ3) is 2.44. The number of rotatable bonds is 1. The molecule has 0 N–H and O–H groups in total. The van der Waals surface area contributed by atoms with Gasteiger partial charge in [-0.2, -0.15) is 13.2 Å². The van der Waals surface area contributed by atoms with Gasteiger partial charge in [-0.05, 0) is 12.1 Å². The Labute approximate surface area is 90.8 Å². The predicted octanol–water partition coefficient (Wildman–Crippen LogP) is 1.94. The fraction of sp³-hybridized carbons (Fsp3) is 0.500. The molecule has 2 heterocycles. The summed E-state index contributed by atoms with van der Waals surface area (Å²) in [4.78, 5) is 5.37. The van der Waals surface area contributed by atoms with Gasteiger partial charge >= 0.3 is 6.18 Å². The van der Waals surface area contributed by atoms with Gasteiger partial charge in [0.2, 0.25) is 0 Å². The summed E-state index contributed by atoms with van der Waals surface area (Å²) in [5, 5.41) is 0. The summed E-state index contributed by atoms with van der Waals surface area (Å²) in [6.07, 6.45) is -3.11. The van der Waals surface area contributed by atoms with E-state index in [0.29, 0.717) is 32.0 Å². The molecule has 0 radical (unpaired) electrons. The van der Waals surface area contributed by atoms with E-state index < -0.39 is 11.9 Å². The molecule has 0 atom stereocenters. The molecule has 2 rings (SSSR count). The number of aromatic nitrogens is 1. The van der Waals surface area contributed by atoms with Crippen molar-refractivity contribution in [3.05, 3.63) is 24.0 Å². The Morgan fingerprint density at radius 2 is 1.88 bits per heavy atom. The Morgan fingerprint density at radius 1 is 1.19 bits per heavy atom. The van der Waals surface area contributed by atoms with Crippen molar-refractivity contribution in [2.45, 2.75) is 6.18 Å². The van der Waals surface area contributed by atoms with E-state index in [2.05, 4.69) is 4.98 Å². The summed E-state index contributed by atoms with van der Waals surface area (Å²) >= 11 is 0. The normalized spacial score (nSPS) is 17.6. The van der Waals surface area contributed by atoms with Crippen molar-refractivity contribution >= 4 is 5.69 Å². The van der Waals surface area contributed by atoms with Crippen LogP contribution >= 0.6 is 0 Å². The third-order valence-electron chi connectivity index (χ3n) is 2.41. The van der Waals surface area contributed by atoms with Gasteiger partial charge in [0.25, 0.3) is 0 Å². The minimum atomic E-state index is -4.37. The molecular weight excluding hydrogens is 221 g/mol. The van der Waals surface area contributed by atoms with Gasteiger partial charge < -0.3 is 9.64 Å². The van der Waals surface area contributed by atoms with Gasteiger partial charge in [0, 0.05) is 13.1 Å². The fourth-order valence-corrected chi connectivity index (χ4v) is 1.56. The van der Waals surface area contributed by atoms with Crippen LogP contribution in [0.1, 0.15) is 5.69 Å². The molecule has 0 amide bonds. The van der Waals surface area contributed by atoms with E-state index in [4.69, 9.17) is 4.74 Å². The minimum absolute atomic E-state index is 0.598. The highest BCUT2D eigenvalue weighted by atomic mass is 19.4. The van der Waals surface area contributed by atoms with Gasteiger partial charge in [0.15, 0.2) is 0 Å². The topological polar surface area (TPSA) is 25.4 Å². The zero-order valence-electron chi connectivity index (χ0n) is 8.50. The first-order chi connectivity index (χ1) is 7.57. The minimum Gasteiger partial charge on any atom is -0.378 e. The number of hydrogen-bond acceptors (Lipinski definition) is 3. The van der Waals surface area contributed by atoms with E-state index in [1.807, 2.05) is 4.90 Å². The Kier molecular flexibility index (Phi) is 3.00. The molecule has 88 valence electrons. The lowest BCUT2D eigenvalue weighted by molar-refractivity contribution is -0.141. The molecular formula is C10H11F3N2O. The van der Waals surface area contributed by atoms with Crippen molar-refractivity contribution in [3.8, 4) is 0 Å². The first-order valence-electron chi connectivity index (χ1n) is 4.93. The average Bonchev–Trinajstić information content (AvgIpc) is 2.29. The molecule has 1 fully saturated rings. The molecule has 16 heavy (non-hydrogen) atoms. The number of pyridine rings is 1. The van der Waals surface area contributed by atoms with Crippen molar-refractivity contribution in [1.82, 2.24) is 4.98 Å². The van der Waals surface area contributed by atoms with Crippen molar-refractivity contribution in [2.75, 3.05) is 31.2 Å². The maximum atomic E-state index is 12.3. The Morgan fingerprint density at radius 3 is 2.38 bits per heavy atom. The molecule has 0 spiro atoms. The molecule has 0 saturated carbocycles. The van der Waals surface area contributed by atoms with Crippen molar-refractivity contribution < 1.29 is 17.9 Å². The van der Waals surface area contributed by atoms with Crippen LogP contribution in [0.4, 0.5) is 18.9 Å². The largest absolute Gasteiger partial charge is 0.433 e. The lowest BCUT2D eigenvalue weighted by Gasteiger charge is -2.28. The van der Waals surface area contributed by atoms with Crippen LogP contribution in [0.15, 0.2) is 18.3 Å². The predicted molar refractivity (Wildman–Crippen MR) is 52.3 cm³/mol. The number of anilines is 1. The molecule has 0 unspecified atom stereocenters. The number of alkyl halides is 3. The zero-order valence-corrected chi connectivity index (χ0v) is 8.50. The van der Waals surface area contributed by atoms with Crippen molar-refractivity contribution in [2.24, 2.45) is 0 Å². The molecule has 0 bridgehead atoms. The van der Waals surface area contributed by atoms with Crippen LogP contribution in [-0.2, 0) is 10.9 Å². The van der Waals surface area contributed by atoms with E-state index in [1.54, 1.807) is 0 Å². The van der Waals surface area contributed by atoms with Gasteiger partial charge in [0.05, 0.1) is 25.1 Å². The van der Waals surface area contributed by atoms with Crippen molar-refractivity contribution in [3.63, 3.8) is 0 Å². The molecule has 1 saturated heterocycles. The van der Waals surface area contributed by atoms with Gasteiger partial charge in [-0.3, -0.25) is 0 Å². The van der Waals surface area contributed by atoms with E-state index in [1.165, 1.54) is 12.3 Å². The molecule has 1 aliphatic rings. The lowest BCUT2D eigenvalue weighted by atomic mass is 10.3. The first-order valence-corrected chi connectivity index (χ1v) is 4.93. The van der Waals surface area contributed by atoms with Crippen LogP contribution < -0.4 is 4.90 Å². The third-order valence-corrected chi connectivity index (χ3v) is 2.41. The standard InChI is InChI=1S/C10H11F3N2O/c11-10(12,13)9-2-1-8(7-14-9)15-3-5-16-6-4-15/h1-2,7H,3-6H2. The first kappa shape index (κ1) is 11.2. The molecule has 6 heteroatoms. The average molecular weight is 232 g/mol. The molecule has 1 aliphatic heterocycles. The molecule has 1 aromatic rings. The van der Waals surface area contributed by atoms with Crippen LogP contribution in [0.25, 0.3) is 0 Å². The SMILES string of the molecule is FC(F)(F)c1ccc(N2CCOCC2)cn1. The van der Waals surface area contributed by atoms with E-state index in [0.717, 1.165) is 6.07 Å². The second-order valence-electron chi connectivity index (χ2n) is 3.50. The number of ether oxygens (including phenoxy) is 1. The monoisotopic (exact) mass is 232 g/mol. The summed E-state index contributed by atoms with van der Waals surface area (Å²) in [6.45, 7) is 2.57. The molecule has 3 nitrogen and oxygen atoms in total. The maximum absolute atomic E-state index is 12.3. The summed E-state index contributed by atoms with van der Waals surface area (Å²) in [7, 11) is 0.